The van der Waals surface area contributed by atoms with Crippen LogP contribution in [0.1, 0.15) is 41.0 Å². The van der Waals surface area contributed by atoms with Crippen molar-refractivity contribution in [1.29, 1.82) is 0 Å². The van der Waals surface area contributed by atoms with Gasteiger partial charge in [-0.15, -0.1) is 11.3 Å². The molecule has 5 nitrogen and oxygen atoms in total. The molecule has 0 amide bonds. The topological polar surface area (TPSA) is 68.1 Å². The van der Waals surface area contributed by atoms with E-state index in [1.54, 1.807) is 17.4 Å². The van der Waals surface area contributed by atoms with Crippen LogP contribution in [-0.2, 0) is 6.42 Å². The number of nitro benzene ring substituents is 1. The Morgan fingerprint density at radius 1 is 1.43 bits per heavy atom. The molecule has 0 bridgehead atoms. The molecule has 6 heteroatoms. The van der Waals surface area contributed by atoms with Gasteiger partial charge in [-0.1, -0.05) is 13.0 Å². The quantitative estimate of drug-likeness (QED) is 0.656. The first-order valence-corrected chi connectivity index (χ1v) is 7.71. The number of hydrogen-bond donors (Lipinski definition) is 1. The molecule has 0 radical (unpaired) electrons. The van der Waals surface area contributed by atoms with Gasteiger partial charge in [-0.2, -0.15) is 0 Å². The summed E-state index contributed by atoms with van der Waals surface area (Å²) >= 11 is 1.66. The minimum Gasteiger partial charge on any atom is -0.377 e. The maximum absolute atomic E-state index is 11.1. The van der Waals surface area contributed by atoms with Crippen LogP contribution in [0.5, 0.6) is 0 Å². The second-order valence-corrected chi connectivity index (χ2v) is 6.40. The highest BCUT2D eigenvalue weighted by molar-refractivity contribution is 7.11. The molecule has 0 aliphatic carbocycles. The number of hydrogen-bond acceptors (Lipinski definition) is 5. The molecular weight excluding hydrogens is 286 g/mol. The van der Waals surface area contributed by atoms with Gasteiger partial charge in [0.25, 0.3) is 5.69 Å². The Morgan fingerprint density at radius 2 is 2.14 bits per heavy atom. The molecule has 1 atom stereocenters. The van der Waals surface area contributed by atoms with Gasteiger partial charge in [0.2, 0.25) is 0 Å². The van der Waals surface area contributed by atoms with Crippen LogP contribution in [0.25, 0.3) is 0 Å². The monoisotopic (exact) mass is 305 g/mol. The fourth-order valence-electron chi connectivity index (χ4n) is 2.39. The van der Waals surface area contributed by atoms with Crippen LogP contribution in [0.15, 0.2) is 18.2 Å². The summed E-state index contributed by atoms with van der Waals surface area (Å²) in [7, 11) is 0. The van der Waals surface area contributed by atoms with E-state index in [-0.39, 0.29) is 16.7 Å². The molecule has 21 heavy (non-hydrogen) atoms. The van der Waals surface area contributed by atoms with E-state index in [1.165, 1.54) is 4.88 Å². The second-order valence-electron chi connectivity index (χ2n) is 4.99. The Balaban J connectivity index is 2.25. The number of benzene rings is 1. The van der Waals surface area contributed by atoms with Gasteiger partial charge in [-0.05, 0) is 33.3 Å². The van der Waals surface area contributed by atoms with Gasteiger partial charge in [-0.25, -0.2) is 4.98 Å². The average molecular weight is 305 g/mol. The summed E-state index contributed by atoms with van der Waals surface area (Å²) in [4.78, 5) is 16.5. The fourth-order valence-corrected chi connectivity index (χ4v) is 3.30. The molecule has 1 N–H and O–H groups in total. The SMILES string of the molecule is CCc1ccc(NC(C)c2nc(C)sc2C)cc1[N+](=O)[O-]. The van der Waals surface area contributed by atoms with Gasteiger partial charge in [0, 0.05) is 22.2 Å². The third-order valence-electron chi connectivity index (χ3n) is 3.40. The third-order valence-corrected chi connectivity index (χ3v) is 4.30. The van der Waals surface area contributed by atoms with E-state index in [0.717, 1.165) is 22.0 Å². The summed E-state index contributed by atoms with van der Waals surface area (Å²) in [6.07, 6.45) is 0.649. The zero-order valence-corrected chi connectivity index (χ0v) is 13.5. The first-order valence-electron chi connectivity index (χ1n) is 6.90. The van der Waals surface area contributed by atoms with Crippen LogP contribution < -0.4 is 5.32 Å². The maximum Gasteiger partial charge on any atom is 0.274 e. The molecule has 1 heterocycles. The van der Waals surface area contributed by atoms with E-state index >= 15 is 0 Å². The lowest BCUT2D eigenvalue weighted by Crippen LogP contribution is -2.09. The number of thiazole rings is 1. The molecule has 0 fully saturated rings. The number of aromatic nitrogens is 1. The summed E-state index contributed by atoms with van der Waals surface area (Å²) in [5, 5.41) is 15.4. The van der Waals surface area contributed by atoms with Crippen LogP contribution in [0, 0.1) is 24.0 Å². The molecule has 1 unspecified atom stereocenters. The van der Waals surface area contributed by atoms with Crippen LogP contribution in [0.3, 0.4) is 0 Å². The summed E-state index contributed by atoms with van der Waals surface area (Å²) in [6, 6.07) is 5.31. The lowest BCUT2D eigenvalue weighted by atomic mass is 10.1. The van der Waals surface area contributed by atoms with Crippen molar-refractivity contribution < 1.29 is 4.92 Å². The van der Waals surface area contributed by atoms with Crippen molar-refractivity contribution in [2.75, 3.05) is 5.32 Å². The largest absolute Gasteiger partial charge is 0.377 e. The molecule has 0 aliphatic heterocycles. The zero-order valence-electron chi connectivity index (χ0n) is 12.6. The molecule has 0 saturated carbocycles. The number of nitrogens with zero attached hydrogens (tertiary/aromatic N) is 2. The smallest absolute Gasteiger partial charge is 0.274 e. The average Bonchev–Trinajstić information content (AvgIpc) is 2.77. The second kappa shape index (κ2) is 6.22. The van der Waals surface area contributed by atoms with Crippen molar-refractivity contribution in [3.63, 3.8) is 0 Å². The number of nitrogens with one attached hydrogen (secondary N) is 1. The summed E-state index contributed by atoms with van der Waals surface area (Å²) in [6.45, 7) is 7.95. The molecule has 0 aliphatic rings. The van der Waals surface area contributed by atoms with Gasteiger partial charge in [0.1, 0.15) is 0 Å². The highest BCUT2D eigenvalue weighted by atomic mass is 32.1. The van der Waals surface area contributed by atoms with E-state index in [0.29, 0.717) is 6.42 Å². The molecule has 0 saturated heterocycles. The predicted octanol–water partition coefficient (Wildman–Crippen LogP) is 4.40. The normalized spacial score (nSPS) is 12.2. The third kappa shape index (κ3) is 3.39. The minimum atomic E-state index is -0.326. The Labute approximate surface area is 128 Å². The Bertz CT molecular complexity index is 667. The first-order chi connectivity index (χ1) is 9.92. The Kier molecular flexibility index (Phi) is 4.57. The van der Waals surface area contributed by atoms with Gasteiger partial charge in [-0.3, -0.25) is 10.1 Å². The summed E-state index contributed by atoms with van der Waals surface area (Å²) < 4.78 is 0. The lowest BCUT2D eigenvalue weighted by Gasteiger charge is -2.14. The van der Waals surface area contributed by atoms with E-state index in [1.807, 2.05) is 39.8 Å². The van der Waals surface area contributed by atoms with Gasteiger partial charge in [0.05, 0.1) is 21.7 Å². The molecule has 1 aromatic heterocycles. The van der Waals surface area contributed by atoms with E-state index in [9.17, 15) is 10.1 Å². The summed E-state index contributed by atoms with van der Waals surface area (Å²) in [5.74, 6) is 0. The first kappa shape index (κ1) is 15.4. The van der Waals surface area contributed by atoms with Crippen molar-refractivity contribution >= 4 is 22.7 Å². The number of rotatable bonds is 5. The molecule has 112 valence electrons. The minimum absolute atomic E-state index is 0.0158. The molecule has 1 aromatic carbocycles. The van der Waals surface area contributed by atoms with Gasteiger partial charge < -0.3 is 5.32 Å². The molecular formula is C15H19N3O2S. The molecule has 0 spiro atoms. The lowest BCUT2D eigenvalue weighted by molar-refractivity contribution is -0.385. The Morgan fingerprint density at radius 3 is 2.67 bits per heavy atom. The van der Waals surface area contributed by atoms with Crippen LogP contribution >= 0.6 is 11.3 Å². The molecule has 2 aromatic rings. The highest BCUT2D eigenvalue weighted by Gasteiger charge is 2.16. The van der Waals surface area contributed by atoms with Crippen LogP contribution in [0.4, 0.5) is 11.4 Å². The number of anilines is 1. The van der Waals surface area contributed by atoms with Crippen LogP contribution in [0.2, 0.25) is 0 Å². The van der Waals surface area contributed by atoms with Crippen LogP contribution in [-0.4, -0.2) is 9.91 Å². The van der Waals surface area contributed by atoms with Crippen molar-refractivity contribution in [2.45, 2.75) is 40.2 Å². The van der Waals surface area contributed by atoms with Crippen molar-refractivity contribution in [2.24, 2.45) is 0 Å². The fraction of sp³-hybridized carbons (Fsp3) is 0.400. The standard InChI is InChI=1S/C15H19N3O2S/c1-5-12-6-7-13(8-14(12)18(19)20)16-9(2)15-10(3)21-11(4)17-15/h6-9,16H,5H2,1-4H3. The van der Waals surface area contributed by atoms with Crippen molar-refractivity contribution in [3.8, 4) is 0 Å². The molecule has 2 rings (SSSR count). The van der Waals surface area contributed by atoms with E-state index in [4.69, 9.17) is 0 Å². The van der Waals surface area contributed by atoms with E-state index < -0.39 is 0 Å². The van der Waals surface area contributed by atoms with Crippen molar-refractivity contribution in [3.05, 3.63) is 49.5 Å². The predicted molar refractivity (Wildman–Crippen MR) is 86.1 cm³/mol. The highest BCUT2D eigenvalue weighted by Crippen LogP contribution is 2.28. The number of aryl methyl sites for hydroxylation is 3. The van der Waals surface area contributed by atoms with Gasteiger partial charge in [0.15, 0.2) is 0 Å². The number of nitro groups is 1. The van der Waals surface area contributed by atoms with E-state index in [2.05, 4.69) is 10.3 Å². The maximum atomic E-state index is 11.1. The van der Waals surface area contributed by atoms with Crippen molar-refractivity contribution in [1.82, 2.24) is 4.98 Å². The summed E-state index contributed by atoms with van der Waals surface area (Å²) in [5.41, 5.74) is 2.66. The zero-order chi connectivity index (χ0) is 15.6. The Hall–Kier alpha value is -1.95. The van der Waals surface area contributed by atoms with Gasteiger partial charge >= 0.3 is 0 Å².